The van der Waals surface area contributed by atoms with E-state index in [9.17, 15) is 22.7 Å². The molecule has 2 aromatic carbocycles. The number of benzene rings is 2. The van der Waals surface area contributed by atoms with Gasteiger partial charge in [-0.15, -0.1) is 11.3 Å². The number of fused-ring (bicyclic) bond motifs is 1. The summed E-state index contributed by atoms with van der Waals surface area (Å²) in [5, 5.41) is 16.4. The monoisotopic (exact) mass is 590 g/mol. The third-order valence-corrected chi connectivity index (χ3v) is 7.43. The van der Waals surface area contributed by atoms with Crippen molar-refractivity contribution in [3.63, 3.8) is 0 Å². The Hall–Kier alpha value is -3.72. The number of halogens is 4. The van der Waals surface area contributed by atoms with Crippen molar-refractivity contribution >= 4 is 33.3 Å². The summed E-state index contributed by atoms with van der Waals surface area (Å²) >= 11 is 1.33. The van der Waals surface area contributed by atoms with Crippen LogP contribution in [0, 0.1) is 37.1 Å². The number of aryl methyl sites for hydroxylation is 2. The highest BCUT2D eigenvalue weighted by atomic mass is 32.1. The van der Waals surface area contributed by atoms with E-state index >= 15 is 0 Å². The molecule has 0 spiro atoms. The van der Waals surface area contributed by atoms with Gasteiger partial charge in [-0.1, -0.05) is 0 Å². The van der Waals surface area contributed by atoms with E-state index in [2.05, 4.69) is 20.1 Å². The fourth-order valence-corrected chi connectivity index (χ4v) is 5.21. The van der Waals surface area contributed by atoms with Crippen LogP contribution in [-0.4, -0.2) is 62.5 Å². The molecule has 14 heteroatoms. The fraction of sp³-hybridized carbons (Fsp3) is 0.333. The molecule has 3 heterocycles. The van der Waals surface area contributed by atoms with Gasteiger partial charge < -0.3 is 20.3 Å². The normalized spacial score (nSPS) is 19.2. The number of hydrogen-bond donors (Lipinski definition) is 2. The molecule has 0 saturated carbocycles. The number of allylic oxidation sites excluding steroid dienone is 1. The SMILES string of the molecule is Cc1nc(C(OC2COC2C)[C@@H](O)CN=C/C(=C\N)c2cc(F)c(F)c(F)c2)n(-c2cc(F)c3nc(C)sc3c2)n1. The van der Waals surface area contributed by atoms with Crippen LogP contribution in [0.5, 0.6) is 0 Å². The summed E-state index contributed by atoms with van der Waals surface area (Å²) in [5.74, 6) is -4.32. The minimum absolute atomic E-state index is 0.0403. The first kappa shape index (κ1) is 28.8. The van der Waals surface area contributed by atoms with Gasteiger partial charge in [0.25, 0.3) is 0 Å². The highest BCUT2D eigenvalue weighted by molar-refractivity contribution is 7.18. The van der Waals surface area contributed by atoms with Crippen LogP contribution in [0.1, 0.15) is 35.2 Å². The maximum absolute atomic E-state index is 14.9. The van der Waals surface area contributed by atoms with Gasteiger partial charge in [-0.05, 0) is 44.5 Å². The highest BCUT2D eigenvalue weighted by Crippen LogP contribution is 2.32. The molecule has 1 fully saturated rings. The summed E-state index contributed by atoms with van der Waals surface area (Å²) in [4.78, 5) is 12.9. The smallest absolute Gasteiger partial charge is 0.194 e. The molecule has 0 amide bonds. The first-order valence-corrected chi connectivity index (χ1v) is 13.4. The summed E-state index contributed by atoms with van der Waals surface area (Å²) in [6.45, 7) is 5.31. The van der Waals surface area contributed by atoms with Crippen molar-refractivity contribution in [2.75, 3.05) is 13.2 Å². The largest absolute Gasteiger partial charge is 0.404 e. The Morgan fingerprint density at radius 1 is 1.20 bits per heavy atom. The topological polar surface area (TPSA) is 121 Å². The van der Waals surface area contributed by atoms with Crippen LogP contribution >= 0.6 is 11.3 Å². The summed E-state index contributed by atoms with van der Waals surface area (Å²) in [5.41, 5.74) is 6.28. The zero-order valence-electron chi connectivity index (χ0n) is 22.2. The minimum atomic E-state index is -1.60. The molecule has 2 aromatic heterocycles. The van der Waals surface area contributed by atoms with Gasteiger partial charge in [-0.3, -0.25) is 4.99 Å². The number of aromatic nitrogens is 4. The number of ether oxygens (including phenoxy) is 2. The number of aliphatic imine (C=N–C) groups is 1. The van der Waals surface area contributed by atoms with Crippen molar-refractivity contribution in [1.82, 2.24) is 19.7 Å². The maximum Gasteiger partial charge on any atom is 0.194 e. The third kappa shape index (κ3) is 5.86. The number of hydrogen-bond acceptors (Lipinski definition) is 9. The predicted molar refractivity (Wildman–Crippen MR) is 145 cm³/mol. The van der Waals surface area contributed by atoms with E-state index < -0.39 is 35.5 Å². The van der Waals surface area contributed by atoms with E-state index in [1.54, 1.807) is 19.9 Å². The Kier molecular flexibility index (Phi) is 8.18. The zero-order valence-corrected chi connectivity index (χ0v) is 23.0. The van der Waals surface area contributed by atoms with Gasteiger partial charge in [0.1, 0.15) is 29.7 Å². The Morgan fingerprint density at radius 2 is 1.93 bits per heavy atom. The molecule has 1 saturated heterocycles. The number of nitrogens with two attached hydrogens (primary N) is 1. The molecule has 216 valence electrons. The van der Waals surface area contributed by atoms with Gasteiger partial charge in [0, 0.05) is 24.1 Å². The molecule has 9 nitrogen and oxygen atoms in total. The molecule has 5 rings (SSSR count). The number of nitrogens with zero attached hydrogens (tertiary/aromatic N) is 5. The molecule has 4 atom stereocenters. The highest BCUT2D eigenvalue weighted by Gasteiger charge is 2.37. The Balaban J connectivity index is 1.45. The fourth-order valence-electron chi connectivity index (χ4n) is 4.33. The standard InChI is InChI=1S/C27H26F4N6O3S/c1-12-22(11-39-12)40-26(21(38)10-33-9-16(8-32)15-4-18(28)24(31)19(29)5-15)27-34-13(2)36-37(27)17-6-20(30)25-23(7-17)41-14(3)35-25/h4-9,12,21-22,26,38H,10-11,32H2,1-3H3/b16-8+,33-9?/t12?,21-,22?,26?/m0/s1. The van der Waals surface area contributed by atoms with E-state index in [0.29, 0.717) is 27.8 Å². The molecule has 41 heavy (non-hydrogen) atoms. The molecule has 1 aliphatic heterocycles. The summed E-state index contributed by atoms with van der Waals surface area (Å²) in [7, 11) is 0. The van der Waals surface area contributed by atoms with Crippen molar-refractivity contribution in [3.8, 4) is 5.69 Å². The predicted octanol–water partition coefficient (Wildman–Crippen LogP) is 4.33. The summed E-state index contributed by atoms with van der Waals surface area (Å²) in [6.07, 6.45) is -0.715. The van der Waals surface area contributed by atoms with Crippen molar-refractivity contribution in [1.29, 1.82) is 0 Å². The van der Waals surface area contributed by atoms with Crippen molar-refractivity contribution in [2.45, 2.75) is 45.2 Å². The molecule has 0 radical (unpaired) electrons. The van der Waals surface area contributed by atoms with Crippen LogP contribution in [-0.2, 0) is 9.47 Å². The number of thiazole rings is 1. The number of aliphatic hydroxyl groups excluding tert-OH is 1. The zero-order chi connectivity index (χ0) is 29.4. The lowest BCUT2D eigenvalue weighted by molar-refractivity contribution is -0.216. The van der Waals surface area contributed by atoms with Crippen LogP contribution in [0.15, 0.2) is 35.5 Å². The summed E-state index contributed by atoms with van der Waals surface area (Å²) in [6, 6.07) is 4.59. The van der Waals surface area contributed by atoms with E-state index in [0.717, 1.165) is 18.3 Å². The Bertz CT molecular complexity index is 1630. The minimum Gasteiger partial charge on any atom is -0.404 e. The maximum atomic E-state index is 14.9. The lowest BCUT2D eigenvalue weighted by atomic mass is 10.1. The van der Waals surface area contributed by atoms with E-state index in [4.69, 9.17) is 15.2 Å². The number of aliphatic hydroxyl groups is 1. The molecule has 0 bridgehead atoms. The molecule has 1 aliphatic rings. The second-order valence-corrected chi connectivity index (χ2v) is 10.7. The molecule has 4 aromatic rings. The summed E-state index contributed by atoms with van der Waals surface area (Å²) < 4.78 is 69.4. The first-order chi connectivity index (χ1) is 19.5. The van der Waals surface area contributed by atoms with Crippen LogP contribution in [0.3, 0.4) is 0 Å². The van der Waals surface area contributed by atoms with Crippen LogP contribution < -0.4 is 5.73 Å². The van der Waals surface area contributed by atoms with E-state index in [1.165, 1.54) is 28.3 Å². The third-order valence-electron chi connectivity index (χ3n) is 6.51. The van der Waals surface area contributed by atoms with Gasteiger partial charge in [0.05, 0.1) is 34.7 Å². The Morgan fingerprint density at radius 3 is 2.56 bits per heavy atom. The number of rotatable bonds is 9. The molecule has 0 aliphatic carbocycles. The van der Waals surface area contributed by atoms with Crippen LogP contribution in [0.25, 0.3) is 21.5 Å². The van der Waals surface area contributed by atoms with E-state index in [-0.39, 0.29) is 41.2 Å². The van der Waals surface area contributed by atoms with Crippen molar-refractivity contribution < 1.29 is 32.1 Å². The quantitative estimate of drug-likeness (QED) is 0.169. The van der Waals surface area contributed by atoms with Crippen LogP contribution in [0.2, 0.25) is 0 Å². The van der Waals surface area contributed by atoms with Gasteiger partial charge in [-0.2, -0.15) is 5.10 Å². The average Bonchev–Trinajstić information content (AvgIpc) is 3.50. The Labute approximate surface area is 236 Å². The molecular formula is C27H26F4N6O3S. The average molecular weight is 591 g/mol. The van der Waals surface area contributed by atoms with Gasteiger partial charge in [-0.25, -0.2) is 32.2 Å². The van der Waals surface area contributed by atoms with E-state index in [1.807, 2.05) is 6.92 Å². The molecule has 3 unspecified atom stereocenters. The lowest BCUT2D eigenvalue weighted by Crippen LogP contribution is -2.47. The molecule has 3 N–H and O–H groups in total. The second-order valence-electron chi connectivity index (χ2n) is 9.51. The van der Waals surface area contributed by atoms with Gasteiger partial charge >= 0.3 is 0 Å². The van der Waals surface area contributed by atoms with Crippen molar-refractivity contribution in [2.24, 2.45) is 10.7 Å². The van der Waals surface area contributed by atoms with Gasteiger partial charge in [0.15, 0.2) is 29.1 Å². The van der Waals surface area contributed by atoms with Crippen LogP contribution in [0.4, 0.5) is 17.6 Å². The lowest BCUT2D eigenvalue weighted by Gasteiger charge is -2.37. The van der Waals surface area contributed by atoms with Gasteiger partial charge in [0.2, 0.25) is 0 Å². The first-order valence-electron chi connectivity index (χ1n) is 12.6. The van der Waals surface area contributed by atoms with Crippen molar-refractivity contribution in [3.05, 3.63) is 76.0 Å². The second kappa shape index (κ2) is 11.6. The molecular weight excluding hydrogens is 564 g/mol.